The van der Waals surface area contributed by atoms with E-state index in [2.05, 4.69) is 14.7 Å². The number of nitrogens with zero attached hydrogens (tertiary/aromatic N) is 4. The lowest BCUT2D eigenvalue weighted by molar-refractivity contribution is -0.114. The van der Waals surface area contributed by atoms with Gasteiger partial charge in [0.1, 0.15) is 35.5 Å². The molecule has 1 amide bonds. The molecule has 0 spiro atoms. The number of hydrazone groups is 1. The van der Waals surface area contributed by atoms with Crippen LogP contribution in [0.1, 0.15) is 11.1 Å². The number of nitrogens with one attached hydrogen (secondary N) is 1. The summed E-state index contributed by atoms with van der Waals surface area (Å²) >= 11 is 1.24. The molecule has 4 aromatic rings. The van der Waals surface area contributed by atoms with Crippen molar-refractivity contribution in [3.8, 4) is 17.2 Å². The summed E-state index contributed by atoms with van der Waals surface area (Å²) in [7, 11) is 1.63. The number of para-hydroxylation sites is 2. The highest BCUT2D eigenvalue weighted by Crippen LogP contribution is 2.31. The van der Waals surface area contributed by atoms with E-state index in [0.29, 0.717) is 23.4 Å². The Kier molecular flexibility index (Phi) is 7.30. The van der Waals surface area contributed by atoms with Crippen LogP contribution in [0.15, 0.2) is 94.7 Å². The predicted molar refractivity (Wildman–Crippen MR) is 162 cm³/mol. The number of carbonyl (C=O) groups is 1. The second-order valence-electron chi connectivity index (χ2n) is 9.39. The van der Waals surface area contributed by atoms with Gasteiger partial charge >= 0.3 is 0 Å². The quantitative estimate of drug-likeness (QED) is 0.260. The summed E-state index contributed by atoms with van der Waals surface area (Å²) in [6, 6.07) is 23.1. The van der Waals surface area contributed by atoms with Gasteiger partial charge in [-0.2, -0.15) is 15.1 Å². The zero-order valence-electron chi connectivity index (χ0n) is 22.5. The molecule has 6 rings (SSSR count). The molecule has 0 saturated carbocycles. The fourth-order valence-electron chi connectivity index (χ4n) is 4.61. The number of benzene rings is 3. The third kappa shape index (κ3) is 5.46. The molecule has 1 aromatic heterocycles. The van der Waals surface area contributed by atoms with Crippen LogP contribution < -0.4 is 14.2 Å². The normalized spacial score (nSPS) is 15.7. The molecule has 0 fully saturated rings. The van der Waals surface area contributed by atoms with Gasteiger partial charge in [0.15, 0.2) is 5.84 Å². The molecule has 9 nitrogen and oxygen atoms in total. The van der Waals surface area contributed by atoms with Crippen molar-refractivity contribution in [1.29, 1.82) is 5.41 Å². The molecule has 41 heavy (non-hydrogen) atoms. The van der Waals surface area contributed by atoms with Gasteiger partial charge in [-0.15, -0.1) is 0 Å². The van der Waals surface area contributed by atoms with E-state index in [-0.39, 0.29) is 18.0 Å². The van der Waals surface area contributed by atoms with Crippen LogP contribution >= 0.6 is 11.8 Å². The van der Waals surface area contributed by atoms with Crippen LogP contribution in [-0.2, 0) is 11.3 Å². The first kappa shape index (κ1) is 26.4. The lowest BCUT2D eigenvalue weighted by Gasteiger charge is -2.20. The van der Waals surface area contributed by atoms with Crippen LogP contribution in [0.25, 0.3) is 17.0 Å². The van der Waals surface area contributed by atoms with Crippen LogP contribution in [0.5, 0.6) is 17.2 Å². The number of aryl methyl sites for hydroxylation is 1. The molecule has 1 N–H and O–H groups in total. The predicted octanol–water partition coefficient (Wildman–Crippen LogP) is 5.74. The first-order chi connectivity index (χ1) is 20.0. The van der Waals surface area contributed by atoms with E-state index < -0.39 is 5.91 Å². The maximum absolute atomic E-state index is 13.0. The van der Waals surface area contributed by atoms with Gasteiger partial charge in [0.2, 0.25) is 5.17 Å². The molecular formula is C31H27N5O4S. The van der Waals surface area contributed by atoms with Crippen molar-refractivity contribution in [2.75, 3.05) is 20.3 Å². The summed E-state index contributed by atoms with van der Waals surface area (Å²) < 4.78 is 19.1. The molecular weight excluding hydrogens is 538 g/mol. The zero-order valence-corrected chi connectivity index (χ0v) is 23.4. The molecule has 0 unspecified atom stereocenters. The Bertz CT molecular complexity index is 1740. The molecule has 0 aliphatic carbocycles. The SMILES string of the molecule is COc1ccc(OCCn2cc(C=C3C(=N)N4N=C(COc5ccccc5C)SC4=NC3=O)c3ccccc32)cc1. The van der Waals surface area contributed by atoms with Crippen LogP contribution in [-0.4, -0.2) is 51.9 Å². The number of amides is 1. The Balaban J connectivity index is 1.20. The minimum Gasteiger partial charge on any atom is -0.497 e. The molecule has 0 bridgehead atoms. The topological polar surface area (TPSA) is 102 Å². The standard InChI is InChI=1S/C31H27N5O4S/c1-20-7-3-6-10-27(20)40-19-28-34-36-29(32)25(30(37)33-31(36)41-28)17-21-18-35(26-9-5-4-8-24(21)26)15-16-39-23-13-11-22(38-2)12-14-23/h3-14,17-18,32H,15-16,19H2,1-2H3. The van der Waals surface area contributed by atoms with Crippen LogP contribution in [0, 0.1) is 12.3 Å². The van der Waals surface area contributed by atoms with Gasteiger partial charge in [0.25, 0.3) is 5.91 Å². The number of carbonyl (C=O) groups excluding carboxylic acids is 1. The summed E-state index contributed by atoms with van der Waals surface area (Å²) in [6.07, 6.45) is 3.69. The van der Waals surface area contributed by atoms with Gasteiger partial charge in [-0.1, -0.05) is 36.4 Å². The molecule has 3 aromatic carbocycles. The van der Waals surface area contributed by atoms with Crippen molar-refractivity contribution in [2.24, 2.45) is 10.1 Å². The number of thioether (sulfide) groups is 1. The first-order valence-corrected chi connectivity index (χ1v) is 13.8. The van der Waals surface area contributed by atoms with Gasteiger partial charge < -0.3 is 18.8 Å². The van der Waals surface area contributed by atoms with Crippen molar-refractivity contribution in [2.45, 2.75) is 13.5 Å². The van der Waals surface area contributed by atoms with Gasteiger partial charge in [-0.05, 0) is 66.7 Å². The summed E-state index contributed by atoms with van der Waals surface area (Å²) in [5.41, 5.74) is 3.01. The second-order valence-corrected chi connectivity index (χ2v) is 10.4. The molecule has 206 valence electrons. The fraction of sp³-hybridized carbons (Fsp3) is 0.161. The van der Waals surface area contributed by atoms with E-state index in [4.69, 9.17) is 19.6 Å². The highest BCUT2D eigenvalue weighted by molar-refractivity contribution is 8.27. The molecule has 2 aliphatic heterocycles. The number of rotatable bonds is 9. The van der Waals surface area contributed by atoms with E-state index >= 15 is 0 Å². The van der Waals surface area contributed by atoms with Crippen molar-refractivity contribution >= 4 is 50.7 Å². The van der Waals surface area contributed by atoms with Gasteiger partial charge in [-0.25, -0.2) is 0 Å². The summed E-state index contributed by atoms with van der Waals surface area (Å²) in [5.74, 6) is 1.81. The second kappa shape index (κ2) is 11.3. The number of fused-ring (bicyclic) bond motifs is 2. The largest absolute Gasteiger partial charge is 0.497 e. The molecule has 0 atom stereocenters. The van der Waals surface area contributed by atoms with Crippen molar-refractivity contribution in [3.05, 3.63) is 95.7 Å². The molecule has 3 heterocycles. The van der Waals surface area contributed by atoms with Gasteiger partial charge in [-0.3, -0.25) is 10.2 Å². The van der Waals surface area contributed by atoms with Crippen molar-refractivity contribution < 1.29 is 19.0 Å². The first-order valence-electron chi connectivity index (χ1n) is 13.0. The molecule has 0 saturated heterocycles. The minimum atomic E-state index is -0.468. The van der Waals surface area contributed by atoms with Crippen LogP contribution in [0.2, 0.25) is 0 Å². The van der Waals surface area contributed by atoms with E-state index in [1.165, 1.54) is 16.8 Å². The number of hydrogen-bond acceptors (Lipinski definition) is 7. The number of hydrogen-bond donors (Lipinski definition) is 1. The van der Waals surface area contributed by atoms with Crippen molar-refractivity contribution in [3.63, 3.8) is 0 Å². The average Bonchev–Trinajstić information content (AvgIpc) is 3.56. The summed E-state index contributed by atoms with van der Waals surface area (Å²) in [4.78, 5) is 17.3. The number of ether oxygens (including phenoxy) is 3. The smallest absolute Gasteiger partial charge is 0.283 e. The maximum Gasteiger partial charge on any atom is 0.283 e. The van der Waals surface area contributed by atoms with Crippen molar-refractivity contribution in [1.82, 2.24) is 9.58 Å². The van der Waals surface area contributed by atoms with E-state index in [1.54, 1.807) is 13.2 Å². The number of aliphatic imine (C=N–C) groups is 1. The number of amidine groups is 2. The Morgan fingerprint density at radius 2 is 1.73 bits per heavy atom. The monoisotopic (exact) mass is 565 g/mol. The van der Waals surface area contributed by atoms with Crippen LogP contribution in [0.4, 0.5) is 0 Å². The molecule has 2 aliphatic rings. The number of methoxy groups -OCH3 is 1. The molecule has 10 heteroatoms. The van der Waals surface area contributed by atoms with E-state index in [0.717, 1.165) is 39.3 Å². The third-order valence-corrected chi connectivity index (χ3v) is 7.60. The maximum atomic E-state index is 13.0. The third-order valence-electron chi connectivity index (χ3n) is 6.72. The average molecular weight is 566 g/mol. The van der Waals surface area contributed by atoms with Gasteiger partial charge in [0, 0.05) is 22.7 Å². The highest BCUT2D eigenvalue weighted by Gasteiger charge is 2.36. The van der Waals surface area contributed by atoms with Gasteiger partial charge in [0.05, 0.1) is 19.2 Å². The minimum absolute atomic E-state index is 0.0157. The number of aromatic nitrogens is 1. The Hall–Kier alpha value is -4.83. The molecule has 0 radical (unpaired) electrons. The fourth-order valence-corrected chi connectivity index (χ4v) is 5.41. The zero-order chi connectivity index (χ0) is 28.3. The van der Waals surface area contributed by atoms with E-state index in [9.17, 15) is 4.79 Å². The van der Waals surface area contributed by atoms with Crippen LogP contribution in [0.3, 0.4) is 0 Å². The Morgan fingerprint density at radius 3 is 2.54 bits per heavy atom. The lowest BCUT2D eigenvalue weighted by atomic mass is 10.1. The van der Waals surface area contributed by atoms with E-state index in [1.807, 2.05) is 85.9 Å². The summed E-state index contributed by atoms with van der Waals surface area (Å²) in [6.45, 7) is 3.25. The summed E-state index contributed by atoms with van der Waals surface area (Å²) in [5, 5.41) is 16.7. The lowest BCUT2D eigenvalue weighted by Crippen LogP contribution is -2.35. The Morgan fingerprint density at radius 1 is 0.976 bits per heavy atom. The highest BCUT2D eigenvalue weighted by atomic mass is 32.2. The Labute approximate surface area is 241 Å².